The van der Waals surface area contributed by atoms with Crippen LogP contribution in [0.2, 0.25) is 0 Å². The first-order valence-electron chi connectivity index (χ1n) is 4.25. The van der Waals surface area contributed by atoms with Gasteiger partial charge in [0.1, 0.15) is 5.84 Å². The van der Waals surface area contributed by atoms with E-state index in [0.29, 0.717) is 19.5 Å². The van der Waals surface area contributed by atoms with Crippen LogP contribution in [0.1, 0.15) is 6.42 Å². The van der Waals surface area contributed by atoms with Gasteiger partial charge in [-0.15, -0.1) is 0 Å². The fraction of sp³-hybridized carbons (Fsp3) is 0.857. The predicted octanol–water partition coefficient (Wildman–Crippen LogP) is -0.957. The number of sulfone groups is 1. The Kier molecular flexibility index (Phi) is 3.27. The van der Waals surface area contributed by atoms with Crippen molar-refractivity contribution in [3.05, 3.63) is 0 Å². The van der Waals surface area contributed by atoms with Crippen molar-refractivity contribution in [3.63, 3.8) is 0 Å². The van der Waals surface area contributed by atoms with Crippen LogP contribution in [0, 0.1) is 5.41 Å². The minimum absolute atomic E-state index is 0.0966. The summed E-state index contributed by atoms with van der Waals surface area (Å²) in [5.74, 6) is 0.557. The van der Waals surface area contributed by atoms with E-state index in [0.717, 1.165) is 6.54 Å². The van der Waals surface area contributed by atoms with Crippen molar-refractivity contribution < 1.29 is 8.42 Å². The third-order valence-corrected chi connectivity index (χ3v) is 3.76. The lowest BCUT2D eigenvalue weighted by molar-refractivity contribution is 0.335. The van der Waals surface area contributed by atoms with Crippen LogP contribution in [0.5, 0.6) is 0 Å². The van der Waals surface area contributed by atoms with Gasteiger partial charge in [0.15, 0.2) is 9.84 Å². The molecular formula is C7H15N3O2S. The molecule has 76 valence electrons. The number of nitrogens with one attached hydrogen (secondary N) is 1. The lowest BCUT2D eigenvalue weighted by Crippen LogP contribution is -2.35. The summed E-state index contributed by atoms with van der Waals surface area (Å²) >= 11 is 0. The van der Waals surface area contributed by atoms with Crippen LogP contribution in [0.25, 0.3) is 0 Å². The second-order valence-electron chi connectivity index (χ2n) is 3.31. The van der Waals surface area contributed by atoms with Gasteiger partial charge < -0.3 is 5.73 Å². The van der Waals surface area contributed by atoms with Crippen molar-refractivity contribution in [2.45, 2.75) is 6.42 Å². The van der Waals surface area contributed by atoms with Gasteiger partial charge >= 0.3 is 0 Å². The van der Waals surface area contributed by atoms with Gasteiger partial charge in [0.25, 0.3) is 0 Å². The molecule has 6 heteroatoms. The van der Waals surface area contributed by atoms with Crippen LogP contribution in [0.3, 0.4) is 0 Å². The van der Waals surface area contributed by atoms with Crippen molar-refractivity contribution >= 4 is 15.7 Å². The summed E-state index contributed by atoms with van der Waals surface area (Å²) < 4.78 is 22.4. The molecule has 5 nitrogen and oxygen atoms in total. The van der Waals surface area contributed by atoms with Crippen LogP contribution in [-0.2, 0) is 9.84 Å². The smallest absolute Gasteiger partial charge is 0.151 e. The summed E-state index contributed by atoms with van der Waals surface area (Å²) in [6, 6.07) is 0. The van der Waals surface area contributed by atoms with Crippen LogP contribution in [0.4, 0.5) is 0 Å². The maximum absolute atomic E-state index is 11.2. The molecule has 1 rings (SSSR count). The quantitative estimate of drug-likeness (QED) is 0.449. The summed E-state index contributed by atoms with van der Waals surface area (Å²) in [5.41, 5.74) is 5.23. The van der Waals surface area contributed by atoms with E-state index < -0.39 is 9.84 Å². The molecule has 0 bridgehead atoms. The molecule has 0 aromatic rings. The largest absolute Gasteiger partial charge is 0.387 e. The third-order valence-electron chi connectivity index (χ3n) is 2.04. The maximum atomic E-state index is 11.2. The summed E-state index contributed by atoms with van der Waals surface area (Å²) in [4.78, 5) is 1.91. The van der Waals surface area contributed by atoms with Crippen molar-refractivity contribution in [3.8, 4) is 0 Å². The summed E-state index contributed by atoms with van der Waals surface area (Å²) in [6.45, 7) is 1.61. The van der Waals surface area contributed by atoms with E-state index >= 15 is 0 Å². The Balaban J connectivity index is 2.50. The Hall–Kier alpha value is -0.620. The number of amidine groups is 1. The average molecular weight is 205 g/mol. The van der Waals surface area contributed by atoms with Gasteiger partial charge in [-0.3, -0.25) is 10.3 Å². The Labute approximate surface area is 78.3 Å². The summed E-state index contributed by atoms with van der Waals surface area (Å²) in [5, 5.41) is 7.09. The first-order chi connectivity index (χ1) is 5.99. The average Bonchev–Trinajstić information content (AvgIpc) is 2.12. The maximum Gasteiger partial charge on any atom is 0.151 e. The fourth-order valence-corrected chi connectivity index (χ4v) is 2.70. The monoisotopic (exact) mass is 205 g/mol. The van der Waals surface area contributed by atoms with E-state index in [1.807, 2.05) is 4.90 Å². The topological polar surface area (TPSA) is 87.2 Å². The Morgan fingerprint density at radius 1 is 1.38 bits per heavy atom. The predicted molar refractivity (Wildman–Crippen MR) is 51.6 cm³/mol. The highest BCUT2D eigenvalue weighted by Gasteiger charge is 2.18. The van der Waals surface area contributed by atoms with Gasteiger partial charge in [-0.25, -0.2) is 8.42 Å². The number of nitrogens with zero attached hydrogens (tertiary/aromatic N) is 1. The lowest BCUT2D eigenvalue weighted by atomic mass is 10.4. The van der Waals surface area contributed by atoms with E-state index in [1.165, 1.54) is 0 Å². The molecule has 1 aliphatic heterocycles. The van der Waals surface area contributed by atoms with E-state index in [1.54, 1.807) is 0 Å². The normalized spacial score (nSPS) is 23.7. The molecule has 0 spiro atoms. The number of hydrogen-bond donors (Lipinski definition) is 2. The van der Waals surface area contributed by atoms with Crippen LogP contribution in [-0.4, -0.2) is 50.3 Å². The molecule has 0 saturated carbocycles. The number of nitrogens with two attached hydrogens (primary N) is 1. The first kappa shape index (κ1) is 10.5. The second-order valence-corrected chi connectivity index (χ2v) is 5.61. The van der Waals surface area contributed by atoms with Crippen molar-refractivity contribution in [2.75, 3.05) is 31.1 Å². The standard InChI is InChI=1S/C7H15N3O2S/c8-7(9)6-10-2-1-4-13(11,12)5-3-10/h1-6H2,(H3,8,9). The highest BCUT2D eigenvalue weighted by atomic mass is 32.2. The van der Waals surface area contributed by atoms with Gasteiger partial charge in [0, 0.05) is 6.54 Å². The van der Waals surface area contributed by atoms with Gasteiger partial charge in [-0.1, -0.05) is 0 Å². The Morgan fingerprint density at radius 2 is 2.08 bits per heavy atom. The zero-order chi connectivity index (χ0) is 9.90. The van der Waals surface area contributed by atoms with E-state index in [-0.39, 0.29) is 17.3 Å². The van der Waals surface area contributed by atoms with Crippen molar-refractivity contribution in [1.82, 2.24) is 4.90 Å². The fourth-order valence-electron chi connectivity index (χ4n) is 1.39. The van der Waals surface area contributed by atoms with Gasteiger partial charge in [-0.2, -0.15) is 0 Å². The molecule has 1 saturated heterocycles. The molecular weight excluding hydrogens is 190 g/mol. The van der Waals surface area contributed by atoms with Gasteiger partial charge in [0.05, 0.1) is 18.1 Å². The highest BCUT2D eigenvalue weighted by Crippen LogP contribution is 2.03. The first-order valence-corrected chi connectivity index (χ1v) is 6.07. The minimum Gasteiger partial charge on any atom is -0.387 e. The molecule has 0 amide bonds. The number of rotatable bonds is 2. The van der Waals surface area contributed by atoms with Crippen LogP contribution < -0.4 is 5.73 Å². The molecule has 0 aromatic carbocycles. The molecule has 0 aromatic heterocycles. The molecule has 1 aliphatic rings. The third kappa shape index (κ3) is 3.73. The second kappa shape index (κ2) is 4.06. The van der Waals surface area contributed by atoms with E-state index in [9.17, 15) is 8.42 Å². The van der Waals surface area contributed by atoms with Crippen molar-refractivity contribution in [1.29, 1.82) is 5.41 Å². The van der Waals surface area contributed by atoms with Crippen LogP contribution in [0.15, 0.2) is 0 Å². The minimum atomic E-state index is -2.84. The van der Waals surface area contributed by atoms with Gasteiger partial charge in [0.2, 0.25) is 0 Å². The zero-order valence-electron chi connectivity index (χ0n) is 7.49. The van der Waals surface area contributed by atoms with Crippen molar-refractivity contribution in [2.24, 2.45) is 5.73 Å². The SMILES string of the molecule is N=C(N)CN1CCCS(=O)(=O)CC1. The molecule has 0 aliphatic carbocycles. The molecule has 0 unspecified atom stereocenters. The molecule has 13 heavy (non-hydrogen) atoms. The molecule has 1 heterocycles. The molecule has 1 fully saturated rings. The molecule has 3 N–H and O–H groups in total. The van der Waals surface area contributed by atoms with E-state index in [2.05, 4.69) is 0 Å². The number of hydrogen-bond acceptors (Lipinski definition) is 4. The van der Waals surface area contributed by atoms with Crippen LogP contribution >= 0.6 is 0 Å². The van der Waals surface area contributed by atoms with Gasteiger partial charge in [-0.05, 0) is 13.0 Å². The lowest BCUT2D eigenvalue weighted by Gasteiger charge is -2.17. The zero-order valence-corrected chi connectivity index (χ0v) is 8.31. The summed E-state index contributed by atoms with van der Waals surface area (Å²) in [6.07, 6.45) is 0.648. The summed E-state index contributed by atoms with van der Waals surface area (Å²) in [7, 11) is -2.84. The Bertz CT molecular complexity index is 286. The molecule has 0 radical (unpaired) electrons. The molecule has 0 atom stereocenters. The highest BCUT2D eigenvalue weighted by molar-refractivity contribution is 7.91. The Morgan fingerprint density at radius 3 is 2.69 bits per heavy atom. The van der Waals surface area contributed by atoms with E-state index in [4.69, 9.17) is 11.1 Å².